The minimum atomic E-state index is -0.0448. The summed E-state index contributed by atoms with van der Waals surface area (Å²) in [5.74, 6) is 1.80. The molecule has 1 fully saturated rings. The molecule has 3 heterocycles. The Morgan fingerprint density at radius 2 is 1.96 bits per heavy atom. The Morgan fingerprint density at radius 3 is 2.54 bits per heavy atom. The molecule has 1 atom stereocenters. The zero-order valence-corrected chi connectivity index (χ0v) is 16.5. The van der Waals surface area contributed by atoms with E-state index in [0.29, 0.717) is 5.75 Å². The smallest absolute Gasteiger partial charge is 0.229 e. The predicted octanol–water partition coefficient (Wildman–Crippen LogP) is 2.88. The van der Waals surface area contributed by atoms with E-state index in [1.54, 1.807) is 25.6 Å². The first-order chi connectivity index (χ1) is 12.2. The zero-order chi connectivity index (χ0) is 17.4. The van der Waals surface area contributed by atoms with Gasteiger partial charge in [0.15, 0.2) is 11.5 Å². The van der Waals surface area contributed by atoms with Crippen molar-refractivity contribution in [3.63, 3.8) is 0 Å². The van der Waals surface area contributed by atoms with E-state index in [1.165, 1.54) is 10.4 Å². The Hall–Kier alpha value is -1.76. The SMILES string of the molecule is COc1cc2c(cc1OC)C(c1cccs1)N(C(=O)C1CNC1)CC2.Cl. The van der Waals surface area contributed by atoms with Gasteiger partial charge in [-0.1, -0.05) is 6.07 Å². The number of thiophene rings is 1. The zero-order valence-electron chi connectivity index (χ0n) is 14.9. The van der Waals surface area contributed by atoms with Crippen molar-refractivity contribution in [1.82, 2.24) is 10.2 Å². The minimum Gasteiger partial charge on any atom is -0.493 e. The molecule has 0 spiro atoms. The molecule has 1 amide bonds. The fraction of sp³-hybridized carbons (Fsp3) is 0.421. The highest BCUT2D eigenvalue weighted by molar-refractivity contribution is 7.10. The molecule has 1 aromatic heterocycles. The third kappa shape index (κ3) is 3.17. The van der Waals surface area contributed by atoms with E-state index in [-0.39, 0.29) is 30.3 Å². The first kappa shape index (κ1) is 19.0. The Morgan fingerprint density at radius 1 is 1.23 bits per heavy atom. The van der Waals surface area contributed by atoms with Gasteiger partial charge in [0.2, 0.25) is 5.91 Å². The maximum Gasteiger partial charge on any atom is 0.229 e. The number of carbonyl (C=O) groups is 1. The Balaban J connectivity index is 0.00000196. The first-order valence-electron chi connectivity index (χ1n) is 8.52. The van der Waals surface area contributed by atoms with Crippen molar-refractivity contribution in [3.05, 3.63) is 45.6 Å². The number of rotatable bonds is 4. The first-order valence-corrected chi connectivity index (χ1v) is 9.40. The van der Waals surface area contributed by atoms with Crippen LogP contribution >= 0.6 is 23.7 Å². The molecule has 140 valence electrons. The Bertz CT molecular complexity index is 777. The van der Waals surface area contributed by atoms with E-state index in [4.69, 9.17) is 9.47 Å². The van der Waals surface area contributed by atoms with Crippen LogP contribution in [0.25, 0.3) is 0 Å². The molecular formula is C19H23ClN2O3S. The van der Waals surface area contributed by atoms with Gasteiger partial charge in [-0.05, 0) is 41.1 Å². The number of carbonyl (C=O) groups excluding carboxylic acids is 1. The summed E-state index contributed by atoms with van der Waals surface area (Å²) in [6.45, 7) is 2.30. The molecule has 1 unspecified atom stereocenters. The number of halogens is 1. The third-order valence-corrected chi connectivity index (χ3v) is 6.02. The molecule has 0 aliphatic carbocycles. The normalized spacial score (nSPS) is 19.2. The molecule has 0 bridgehead atoms. The number of hydrogen-bond donors (Lipinski definition) is 1. The Labute approximate surface area is 163 Å². The van der Waals surface area contributed by atoms with Gasteiger partial charge >= 0.3 is 0 Å². The minimum absolute atomic E-state index is 0. The van der Waals surface area contributed by atoms with Crippen LogP contribution in [-0.4, -0.2) is 44.7 Å². The number of nitrogens with one attached hydrogen (secondary N) is 1. The molecule has 2 aliphatic rings. The summed E-state index contributed by atoms with van der Waals surface area (Å²) in [5, 5.41) is 5.27. The van der Waals surface area contributed by atoms with E-state index in [2.05, 4.69) is 22.8 Å². The van der Waals surface area contributed by atoms with Crippen molar-refractivity contribution in [2.45, 2.75) is 12.5 Å². The molecule has 2 aliphatic heterocycles. The van der Waals surface area contributed by atoms with Crippen molar-refractivity contribution < 1.29 is 14.3 Å². The van der Waals surface area contributed by atoms with Crippen molar-refractivity contribution in [2.75, 3.05) is 33.9 Å². The number of amides is 1. The second-order valence-corrected chi connectivity index (χ2v) is 7.44. The van der Waals surface area contributed by atoms with Crippen LogP contribution in [0.5, 0.6) is 11.5 Å². The van der Waals surface area contributed by atoms with Gasteiger partial charge in [0, 0.05) is 24.5 Å². The lowest BCUT2D eigenvalue weighted by atomic mass is 9.89. The van der Waals surface area contributed by atoms with E-state index in [9.17, 15) is 4.79 Å². The van der Waals surface area contributed by atoms with Gasteiger partial charge in [-0.15, -0.1) is 23.7 Å². The largest absolute Gasteiger partial charge is 0.493 e. The number of benzene rings is 1. The molecular weight excluding hydrogens is 372 g/mol. The van der Waals surface area contributed by atoms with Gasteiger partial charge in [-0.2, -0.15) is 0 Å². The van der Waals surface area contributed by atoms with Crippen LogP contribution in [0.1, 0.15) is 22.0 Å². The van der Waals surface area contributed by atoms with E-state index < -0.39 is 0 Å². The average molecular weight is 395 g/mol. The molecule has 1 saturated heterocycles. The lowest BCUT2D eigenvalue weighted by Gasteiger charge is -2.41. The van der Waals surface area contributed by atoms with Crippen molar-refractivity contribution in [1.29, 1.82) is 0 Å². The van der Waals surface area contributed by atoms with Crippen LogP contribution in [0.4, 0.5) is 0 Å². The monoisotopic (exact) mass is 394 g/mol. The number of methoxy groups -OCH3 is 2. The van der Waals surface area contributed by atoms with E-state index in [1.807, 2.05) is 17.0 Å². The van der Waals surface area contributed by atoms with E-state index >= 15 is 0 Å². The summed E-state index contributed by atoms with van der Waals surface area (Å²) < 4.78 is 11.0. The highest BCUT2D eigenvalue weighted by Gasteiger charge is 2.38. The Kier molecular flexibility index (Phi) is 5.75. The molecule has 0 saturated carbocycles. The van der Waals surface area contributed by atoms with Gasteiger partial charge in [-0.3, -0.25) is 4.79 Å². The summed E-state index contributed by atoms with van der Waals surface area (Å²) in [7, 11) is 3.30. The highest BCUT2D eigenvalue weighted by Crippen LogP contribution is 2.42. The summed E-state index contributed by atoms with van der Waals surface area (Å²) in [6, 6.07) is 8.21. The molecule has 1 aromatic carbocycles. The molecule has 1 N–H and O–H groups in total. The third-order valence-electron chi connectivity index (χ3n) is 5.10. The van der Waals surface area contributed by atoms with Gasteiger partial charge in [0.25, 0.3) is 0 Å². The number of hydrogen-bond acceptors (Lipinski definition) is 5. The fourth-order valence-corrected chi connectivity index (χ4v) is 4.49. The highest BCUT2D eigenvalue weighted by atomic mass is 35.5. The number of ether oxygens (including phenoxy) is 2. The van der Waals surface area contributed by atoms with Crippen molar-refractivity contribution in [3.8, 4) is 11.5 Å². The second kappa shape index (κ2) is 7.86. The van der Waals surface area contributed by atoms with Crippen LogP contribution in [0.3, 0.4) is 0 Å². The molecule has 26 heavy (non-hydrogen) atoms. The van der Waals surface area contributed by atoms with Gasteiger partial charge in [0.05, 0.1) is 26.2 Å². The quantitative estimate of drug-likeness (QED) is 0.866. The summed E-state index contributed by atoms with van der Waals surface area (Å²) in [5.41, 5.74) is 2.37. The molecule has 7 heteroatoms. The summed E-state index contributed by atoms with van der Waals surface area (Å²) in [4.78, 5) is 16.2. The topological polar surface area (TPSA) is 50.8 Å². The van der Waals surface area contributed by atoms with Crippen LogP contribution in [0, 0.1) is 5.92 Å². The molecule has 2 aromatic rings. The van der Waals surface area contributed by atoms with Gasteiger partial charge in [-0.25, -0.2) is 0 Å². The van der Waals surface area contributed by atoms with Crippen LogP contribution in [0.2, 0.25) is 0 Å². The molecule has 0 radical (unpaired) electrons. The molecule has 5 nitrogen and oxygen atoms in total. The summed E-state index contributed by atoms with van der Waals surface area (Å²) in [6.07, 6.45) is 0.837. The maximum absolute atomic E-state index is 13.0. The van der Waals surface area contributed by atoms with Crippen LogP contribution in [0.15, 0.2) is 29.6 Å². The van der Waals surface area contributed by atoms with Crippen LogP contribution < -0.4 is 14.8 Å². The fourth-order valence-electron chi connectivity index (χ4n) is 3.63. The van der Waals surface area contributed by atoms with Gasteiger partial charge < -0.3 is 19.7 Å². The van der Waals surface area contributed by atoms with Crippen molar-refractivity contribution >= 4 is 29.7 Å². The average Bonchev–Trinajstić information content (AvgIpc) is 3.11. The van der Waals surface area contributed by atoms with Gasteiger partial charge in [0.1, 0.15) is 0 Å². The standard InChI is InChI=1S/C19H22N2O3S.ClH/c1-23-15-8-12-5-6-21(19(22)13-10-20-11-13)18(17-4-3-7-25-17)14(12)9-16(15)24-2;/h3-4,7-9,13,18,20H,5-6,10-11H2,1-2H3;1H. The van der Waals surface area contributed by atoms with E-state index in [0.717, 1.165) is 37.4 Å². The maximum atomic E-state index is 13.0. The number of fused-ring (bicyclic) bond motifs is 1. The van der Waals surface area contributed by atoms with Crippen LogP contribution in [-0.2, 0) is 11.2 Å². The molecule has 4 rings (SSSR count). The predicted molar refractivity (Wildman–Crippen MR) is 105 cm³/mol. The number of nitrogens with zero attached hydrogens (tertiary/aromatic N) is 1. The lowest BCUT2D eigenvalue weighted by Crippen LogP contribution is -2.54. The second-order valence-electron chi connectivity index (χ2n) is 6.46. The van der Waals surface area contributed by atoms with Crippen molar-refractivity contribution in [2.24, 2.45) is 5.92 Å². The summed E-state index contributed by atoms with van der Waals surface area (Å²) >= 11 is 1.69. The lowest BCUT2D eigenvalue weighted by molar-refractivity contribution is -0.139.